The molecule has 156 valence electrons. The van der Waals surface area contributed by atoms with E-state index in [2.05, 4.69) is 35.2 Å². The molecule has 3 heterocycles. The summed E-state index contributed by atoms with van der Waals surface area (Å²) in [5.41, 5.74) is 2.85. The van der Waals surface area contributed by atoms with Crippen molar-refractivity contribution in [3.8, 4) is 17.1 Å². The minimum absolute atomic E-state index is 0.0218. The van der Waals surface area contributed by atoms with Crippen LogP contribution in [-0.2, 0) is 6.42 Å². The number of azo groups is 1. The number of H-pyrrole nitrogens is 2. The topological polar surface area (TPSA) is 117 Å². The van der Waals surface area contributed by atoms with E-state index in [-0.39, 0.29) is 23.1 Å². The number of aromatic amines is 2. The number of aryl methyl sites for hydroxylation is 2. The average molecular weight is 416 g/mol. The van der Waals surface area contributed by atoms with E-state index in [1.165, 1.54) is 0 Å². The maximum atomic E-state index is 12.8. The monoisotopic (exact) mass is 416 g/mol. The molecule has 1 aromatic carbocycles. The Morgan fingerprint density at radius 1 is 1.23 bits per heavy atom. The van der Waals surface area contributed by atoms with E-state index in [0.29, 0.717) is 24.5 Å². The zero-order chi connectivity index (χ0) is 22.0. The highest BCUT2D eigenvalue weighted by molar-refractivity contribution is 5.68. The van der Waals surface area contributed by atoms with Crippen LogP contribution in [0.5, 0.6) is 5.88 Å². The van der Waals surface area contributed by atoms with Gasteiger partial charge in [-0.3, -0.25) is 19.3 Å². The summed E-state index contributed by atoms with van der Waals surface area (Å²) in [5, 5.41) is 15.0. The van der Waals surface area contributed by atoms with Gasteiger partial charge in [-0.25, -0.2) is 9.83 Å². The summed E-state index contributed by atoms with van der Waals surface area (Å²) in [5.74, 6) is 0.701. The standard InChI is InChI=1S/C21H20N8O2/c1-5-14-16(22-4)18(27-25-14)28-26-17-19(30)24-21-23-15(13-10-8-7-9-11-13)12(3)29(21)20(17)31-6-2/h7-11H,5-6H2,1-3H3,(H,25,27)(H,23,24,30). The third-order valence-corrected chi connectivity index (χ3v) is 4.79. The Bertz CT molecular complexity index is 1370. The molecule has 0 amide bonds. The van der Waals surface area contributed by atoms with Gasteiger partial charge >= 0.3 is 0 Å². The van der Waals surface area contributed by atoms with E-state index in [1.807, 2.05) is 51.1 Å². The Hall–Kier alpha value is -4.26. The summed E-state index contributed by atoms with van der Waals surface area (Å²) in [7, 11) is 0. The van der Waals surface area contributed by atoms with E-state index >= 15 is 0 Å². The van der Waals surface area contributed by atoms with Gasteiger partial charge in [-0.1, -0.05) is 37.3 Å². The lowest BCUT2D eigenvalue weighted by Gasteiger charge is -2.09. The summed E-state index contributed by atoms with van der Waals surface area (Å²) in [6.45, 7) is 13.3. The number of rotatable bonds is 6. The van der Waals surface area contributed by atoms with Crippen LogP contribution in [0.1, 0.15) is 25.2 Å². The number of hydrogen-bond donors (Lipinski definition) is 2. The minimum Gasteiger partial charge on any atom is -0.477 e. The van der Waals surface area contributed by atoms with Crippen molar-refractivity contribution in [2.75, 3.05) is 6.61 Å². The number of benzene rings is 1. The molecule has 2 N–H and O–H groups in total. The van der Waals surface area contributed by atoms with Crippen molar-refractivity contribution in [2.24, 2.45) is 10.2 Å². The lowest BCUT2D eigenvalue weighted by atomic mass is 10.1. The molecule has 0 unspecified atom stereocenters. The fraction of sp³-hybridized carbons (Fsp3) is 0.238. The molecule has 3 aromatic heterocycles. The lowest BCUT2D eigenvalue weighted by Crippen LogP contribution is -2.12. The predicted molar refractivity (Wildman–Crippen MR) is 116 cm³/mol. The van der Waals surface area contributed by atoms with Gasteiger partial charge in [-0.15, -0.1) is 10.2 Å². The van der Waals surface area contributed by atoms with Crippen LogP contribution in [0.2, 0.25) is 0 Å². The molecule has 4 aromatic rings. The van der Waals surface area contributed by atoms with Crippen molar-refractivity contribution in [1.29, 1.82) is 0 Å². The highest BCUT2D eigenvalue weighted by Gasteiger charge is 2.21. The molecular formula is C21H20N8O2. The van der Waals surface area contributed by atoms with Crippen LogP contribution in [0, 0.1) is 13.5 Å². The SMILES string of the molecule is [C-]#[N+]c1c(N=Nc2c(OCC)n3c(C)c(-c4ccccc4)nc3[nH]c2=O)n[nH]c1CC. The molecule has 0 saturated heterocycles. The first-order chi connectivity index (χ1) is 15.1. The molecular weight excluding hydrogens is 396 g/mol. The molecule has 0 saturated carbocycles. The fourth-order valence-electron chi connectivity index (χ4n) is 3.32. The van der Waals surface area contributed by atoms with Gasteiger partial charge in [0.2, 0.25) is 23.2 Å². The molecule has 0 aliphatic heterocycles. The summed E-state index contributed by atoms with van der Waals surface area (Å²) in [4.78, 5) is 23.6. The largest absolute Gasteiger partial charge is 0.477 e. The first kappa shape index (κ1) is 20.0. The molecule has 31 heavy (non-hydrogen) atoms. The number of aromatic nitrogens is 5. The number of fused-ring (bicyclic) bond motifs is 1. The van der Waals surface area contributed by atoms with Gasteiger partial charge < -0.3 is 4.74 Å². The van der Waals surface area contributed by atoms with Crippen LogP contribution >= 0.6 is 0 Å². The number of nitrogens with zero attached hydrogens (tertiary/aromatic N) is 6. The van der Waals surface area contributed by atoms with Crippen LogP contribution in [0.25, 0.3) is 21.9 Å². The first-order valence-electron chi connectivity index (χ1n) is 9.79. The Morgan fingerprint density at radius 2 is 2.00 bits per heavy atom. The van der Waals surface area contributed by atoms with E-state index in [1.54, 1.807) is 4.40 Å². The number of nitrogens with one attached hydrogen (secondary N) is 2. The van der Waals surface area contributed by atoms with E-state index in [9.17, 15) is 4.79 Å². The van der Waals surface area contributed by atoms with Gasteiger partial charge in [-0.2, -0.15) is 5.10 Å². The zero-order valence-corrected chi connectivity index (χ0v) is 17.3. The number of imidazole rings is 1. The molecule has 0 atom stereocenters. The van der Waals surface area contributed by atoms with Crippen LogP contribution in [-0.4, -0.2) is 31.2 Å². The first-order valence-corrected chi connectivity index (χ1v) is 9.79. The van der Waals surface area contributed by atoms with Crippen LogP contribution in [0.3, 0.4) is 0 Å². The van der Waals surface area contributed by atoms with Crippen molar-refractivity contribution < 1.29 is 4.74 Å². The van der Waals surface area contributed by atoms with Gasteiger partial charge in [0.05, 0.1) is 24.6 Å². The second kappa shape index (κ2) is 8.23. The summed E-state index contributed by atoms with van der Waals surface area (Å²) >= 11 is 0. The normalized spacial score (nSPS) is 11.3. The summed E-state index contributed by atoms with van der Waals surface area (Å²) in [6, 6.07) is 9.67. The fourth-order valence-corrected chi connectivity index (χ4v) is 3.32. The Balaban J connectivity index is 1.90. The quantitative estimate of drug-likeness (QED) is 0.351. The molecule has 0 bridgehead atoms. The van der Waals surface area contributed by atoms with Crippen molar-refractivity contribution >= 4 is 23.0 Å². The Kier molecular flexibility index (Phi) is 5.32. The summed E-state index contributed by atoms with van der Waals surface area (Å²) < 4.78 is 7.50. The van der Waals surface area contributed by atoms with Gasteiger partial charge in [0.25, 0.3) is 11.2 Å². The number of hydrogen-bond acceptors (Lipinski definition) is 6. The number of ether oxygens (including phenoxy) is 1. The maximum absolute atomic E-state index is 12.8. The lowest BCUT2D eigenvalue weighted by molar-refractivity contribution is 0.322. The predicted octanol–water partition coefficient (Wildman–Crippen LogP) is 4.65. The Labute approximate surface area is 177 Å². The van der Waals surface area contributed by atoms with Crippen molar-refractivity contribution in [3.05, 3.63) is 63.5 Å². The maximum Gasteiger partial charge on any atom is 0.284 e. The second-order valence-corrected chi connectivity index (χ2v) is 6.65. The zero-order valence-electron chi connectivity index (χ0n) is 17.3. The van der Waals surface area contributed by atoms with Gasteiger partial charge in [0, 0.05) is 11.3 Å². The Morgan fingerprint density at radius 3 is 2.68 bits per heavy atom. The minimum atomic E-state index is -0.500. The van der Waals surface area contributed by atoms with Crippen LogP contribution in [0.4, 0.5) is 17.2 Å². The van der Waals surface area contributed by atoms with E-state index in [0.717, 1.165) is 17.0 Å². The van der Waals surface area contributed by atoms with Gasteiger partial charge in [0.15, 0.2) is 0 Å². The molecule has 10 nitrogen and oxygen atoms in total. The summed E-state index contributed by atoms with van der Waals surface area (Å²) in [6.07, 6.45) is 0.605. The molecule has 0 aliphatic carbocycles. The smallest absolute Gasteiger partial charge is 0.284 e. The third-order valence-electron chi connectivity index (χ3n) is 4.79. The highest BCUT2D eigenvalue weighted by atomic mass is 16.5. The van der Waals surface area contributed by atoms with Gasteiger partial charge in [-0.05, 0) is 20.3 Å². The van der Waals surface area contributed by atoms with Gasteiger partial charge in [0.1, 0.15) is 0 Å². The van der Waals surface area contributed by atoms with E-state index in [4.69, 9.17) is 11.3 Å². The third kappa shape index (κ3) is 3.46. The van der Waals surface area contributed by atoms with Crippen molar-refractivity contribution in [3.63, 3.8) is 0 Å². The molecule has 10 heteroatoms. The second-order valence-electron chi connectivity index (χ2n) is 6.65. The van der Waals surface area contributed by atoms with E-state index < -0.39 is 5.56 Å². The molecule has 0 spiro atoms. The molecule has 0 aliphatic rings. The molecule has 0 fully saturated rings. The molecule has 0 radical (unpaired) electrons. The highest BCUT2D eigenvalue weighted by Crippen LogP contribution is 2.34. The molecule has 4 rings (SSSR count). The van der Waals surface area contributed by atoms with Crippen molar-refractivity contribution in [2.45, 2.75) is 27.2 Å². The average Bonchev–Trinajstić information content (AvgIpc) is 3.34. The van der Waals surface area contributed by atoms with Crippen molar-refractivity contribution in [1.82, 2.24) is 24.6 Å². The van der Waals surface area contributed by atoms with Crippen LogP contribution < -0.4 is 10.3 Å². The van der Waals surface area contributed by atoms with Crippen LogP contribution in [0.15, 0.2) is 45.4 Å².